The van der Waals surface area contributed by atoms with E-state index in [1.54, 1.807) is 25.1 Å². The highest BCUT2D eigenvalue weighted by Gasteiger charge is 2.24. The first kappa shape index (κ1) is 22.4. The lowest BCUT2D eigenvalue weighted by molar-refractivity contribution is 0.0981. The van der Waals surface area contributed by atoms with Gasteiger partial charge in [-0.25, -0.2) is 17.5 Å². The average molecular weight is 442 g/mol. The molecule has 31 heavy (non-hydrogen) atoms. The van der Waals surface area contributed by atoms with Crippen LogP contribution >= 0.6 is 0 Å². The van der Waals surface area contributed by atoms with Crippen LogP contribution in [0.2, 0.25) is 0 Å². The normalized spacial score (nSPS) is 11.9. The van der Waals surface area contributed by atoms with E-state index in [1.807, 2.05) is 20.8 Å². The van der Waals surface area contributed by atoms with E-state index in [0.29, 0.717) is 16.8 Å². The molecule has 1 amide bonds. The standard InChI is InChI=1S/C23H24FN3O3S/c1-14-12-15(8-10-19(14)24)21-18(9-11-20(26-21)23(2,3)4)22(28)27-31(29,30)17-7-5-6-16(25)13-17/h5-13H,25H2,1-4H3,(H,27,28). The Hall–Kier alpha value is -3.26. The second-order valence-corrected chi connectivity index (χ2v) is 10.00. The number of pyridine rings is 1. The van der Waals surface area contributed by atoms with Crippen LogP contribution in [0.4, 0.5) is 10.1 Å². The fourth-order valence-corrected chi connectivity index (χ4v) is 4.01. The summed E-state index contributed by atoms with van der Waals surface area (Å²) in [6.07, 6.45) is 0. The van der Waals surface area contributed by atoms with Crippen LogP contribution in [-0.4, -0.2) is 19.3 Å². The Labute approximate surface area is 181 Å². The minimum Gasteiger partial charge on any atom is -0.399 e. The number of nitrogens with zero attached hydrogens (tertiary/aromatic N) is 1. The van der Waals surface area contributed by atoms with Gasteiger partial charge in [0, 0.05) is 22.4 Å². The van der Waals surface area contributed by atoms with Gasteiger partial charge in [0.25, 0.3) is 15.9 Å². The SMILES string of the molecule is Cc1cc(-c2nc(C(C)(C)C)ccc2C(=O)NS(=O)(=O)c2cccc(N)c2)ccc1F. The van der Waals surface area contributed by atoms with E-state index < -0.39 is 15.9 Å². The minimum atomic E-state index is -4.15. The van der Waals surface area contributed by atoms with Gasteiger partial charge in [0.15, 0.2) is 0 Å². The molecule has 0 saturated heterocycles. The van der Waals surface area contributed by atoms with Crippen LogP contribution in [0.15, 0.2) is 59.5 Å². The summed E-state index contributed by atoms with van der Waals surface area (Å²) in [6.45, 7) is 7.52. The third-order valence-electron chi connectivity index (χ3n) is 4.74. The number of sulfonamides is 1. The average Bonchev–Trinajstić information content (AvgIpc) is 2.68. The first-order valence-corrected chi connectivity index (χ1v) is 11.1. The molecule has 1 aromatic heterocycles. The Bertz CT molecular complexity index is 1270. The van der Waals surface area contributed by atoms with Gasteiger partial charge < -0.3 is 5.73 Å². The number of nitrogen functional groups attached to an aromatic ring is 1. The molecule has 0 bridgehead atoms. The van der Waals surface area contributed by atoms with Gasteiger partial charge in [0.1, 0.15) is 5.82 Å². The van der Waals surface area contributed by atoms with E-state index in [2.05, 4.69) is 9.71 Å². The third-order valence-corrected chi connectivity index (χ3v) is 6.06. The number of aromatic nitrogens is 1. The second-order valence-electron chi connectivity index (χ2n) is 8.31. The second kappa shape index (κ2) is 8.11. The smallest absolute Gasteiger partial charge is 0.267 e. The maximum atomic E-state index is 13.8. The number of nitrogens with two attached hydrogens (primary N) is 1. The summed E-state index contributed by atoms with van der Waals surface area (Å²) in [4.78, 5) is 17.5. The van der Waals surface area contributed by atoms with Gasteiger partial charge in [-0.15, -0.1) is 0 Å². The van der Waals surface area contributed by atoms with Crippen molar-refractivity contribution < 1.29 is 17.6 Å². The van der Waals surface area contributed by atoms with Crippen molar-refractivity contribution in [2.24, 2.45) is 0 Å². The summed E-state index contributed by atoms with van der Waals surface area (Å²) in [6, 6.07) is 13.2. The first-order valence-electron chi connectivity index (χ1n) is 9.59. The first-order chi connectivity index (χ1) is 14.4. The number of aryl methyl sites for hydroxylation is 1. The van der Waals surface area contributed by atoms with Crippen LogP contribution in [0.5, 0.6) is 0 Å². The van der Waals surface area contributed by atoms with Gasteiger partial charge >= 0.3 is 0 Å². The number of carbonyl (C=O) groups excluding carboxylic acids is 1. The summed E-state index contributed by atoms with van der Waals surface area (Å²) in [5, 5.41) is 0. The molecule has 0 atom stereocenters. The Morgan fingerprint density at radius 2 is 1.77 bits per heavy atom. The maximum absolute atomic E-state index is 13.8. The highest BCUT2D eigenvalue weighted by Crippen LogP contribution is 2.29. The third kappa shape index (κ3) is 4.91. The number of anilines is 1. The molecule has 0 aliphatic rings. The molecule has 8 heteroatoms. The largest absolute Gasteiger partial charge is 0.399 e. The Morgan fingerprint density at radius 1 is 1.06 bits per heavy atom. The topological polar surface area (TPSA) is 102 Å². The molecule has 0 aliphatic heterocycles. The van der Waals surface area contributed by atoms with Gasteiger partial charge in [-0.2, -0.15) is 0 Å². The molecular weight excluding hydrogens is 417 g/mol. The number of carbonyl (C=O) groups is 1. The molecule has 0 radical (unpaired) electrons. The molecule has 0 fully saturated rings. The molecule has 3 rings (SSSR count). The lowest BCUT2D eigenvalue weighted by Gasteiger charge is -2.20. The Balaban J connectivity index is 2.09. The van der Waals surface area contributed by atoms with E-state index in [-0.39, 0.29) is 33.1 Å². The zero-order valence-corrected chi connectivity index (χ0v) is 18.5. The van der Waals surface area contributed by atoms with Crippen LogP contribution in [0.1, 0.15) is 42.4 Å². The van der Waals surface area contributed by atoms with E-state index >= 15 is 0 Å². The number of hydrogen-bond donors (Lipinski definition) is 2. The molecule has 0 saturated carbocycles. The lowest BCUT2D eigenvalue weighted by Crippen LogP contribution is -2.31. The number of rotatable bonds is 4. The van der Waals surface area contributed by atoms with E-state index in [4.69, 9.17) is 5.73 Å². The zero-order chi connectivity index (χ0) is 23.0. The summed E-state index contributed by atoms with van der Waals surface area (Å²) < 4.78 is 41.2. The van der Waals surface area contributed by atoms with Crippen LogP contribution in [0.3, 0.4) is 0 Å². The molecule has 6 nitrogen and oxygen atoms in total. The fourth-order valence-electron chi connectivity index (χ4n) is 2.99. The molecule has 3 aromatic rings. The molecule has 0 spiro atoms. The van der Waals surface area contributed by atoms with Gasteiger partial charge in [-0.3, -0.25) is 9.78 Å². The van der Waals surface area contributed by atoms with E-state index in [9.17, 15) is 17.6 Å². The lowest BCUT2D eigenvalue weighted by atomic mass is 9.90. The zero-order valence-electron chi connectivity index (χ0n) is 17.7. The fraction of sp³-hybridized carbons (Fsp3) is 0.217. The number of amides is 1. The van der Waals surface area contributed by atoms with Crippen LogP contribution in [-0.2, 0) is 15.4 Å². The summed E-state index contributed by atoms with van der Waals surface area (Å²) in [5.41, 5.74) is 7.55. The van der Waals surface area contributed by atoms with Crippen molar-refractivity contribution in [3.05, 3.63) is 77.2 Å². The minimum absolute atomic E-state index is 0.0616. The van der Waals surface area contributed by atoms with Crippen molar-refractivity contribution in [2.75, 3.05) is 5.73 Å². The molecule has 0 unspecified atom stereocenters. The van der Waals surface area contributed by atoms with Crippen LogP contribution < -0.4 is 10.5 Å². The van der Waals surface area contributed by atoms with Gasteiger partial charge in [-0.05, 0) is 61.0 Å². The predicted octanol–water partition coefficient (Wildman–Crippen LogP) is 4.19. The van der Waals surface area contributed by atoms with Crippen LogP contribution in [0, 0.1) is 12.7 Å². The summed E-state index contributed by atoms with van der Waals surface area (Å²) >= 11 is 0. The number of benzene rings is 2. The highest BCUT2D eigenvalue weighted by atomic mass is 32.2. The van der Waals surface area contributed by atoms with E-state index in [0.717, 1.165) is 0 Å². The van der Waals surface area contributed by atoms with E-state index in [1.165, 1.54) is 36.4 Å². The molecular formula is C23H24FN3O3S. The van der Waals surface area contributed by atoms with Crippen molar-refractivity contribution in [3.63, 3.8) is 0 Å². The molecule has 3 N–H and O–H groups in total. The number of halogens is 1. The number of nitrogens with one attached hydrogen (secondary N) is 1. The molecule has 162 valence electrons. The monoisotopic (exact) mass is 441 g/mol. The summed E-state index contributed by atoms with van der Waals surface area (Å²) in [7, 11) is -4.15. The maximum Gasteiger partial charge on any atom is 0.267 e. The molecule has 1 heterocycles. The summed E-state index contributed by atoms with van der Waals surface area (Å²) in [5.74, 6) is -1.22. The Kier molecular flexibility index (Phi) is 5.87. The molecule has 2 aromatic carbocycles. The van der Waals surface area contributed by atoms with Crippen molar-refractivity contribution >= 4 is 21.6 Å². The highest BCUT2D eigenvalue weighted by molar-refractivity contribution is 7.90. The quantitative estimate of drug-likeness (QED) is 0.591. The Morgan fingerprint density at radius 3 is 2.39 bits per heavy atom. The molecule has 0 aliphatic carbocycles. The van der Waals surface area contributed by atoms with Crippen LogP contribution in [0.25, 0.3) is 11.3 Å². The predicted molar refractivity (Wildman–Crippen MR) is 119 cm³/mol. The number of hydrogen-bond acceptors (Lipinski definition) is 5. The van der Waals surface area contributed by atoms with Gasteiger partial charge in [0.2, 0.25) is 0 Å². The van der Waals surface area contributed by atoms with Gasteiger partial charge in [-0.1, -0.05) is 26.8 Å². The van der Waals surface area contributed by atoms with Crippen molar-refractivity contribution in [1.29, 1.82) is 0 Å². The van der Waals surface area contributed by atoms with Crippen molar-refractivity contribution in [1.82, 2.24) is 9.71 Å². The van der Waals surface area contributed by atoms with Crippen molar-refractivity contribution in [2.45, 2.75) is 38.0 Å². The van der Waals surface area contributed by atoms with Gasteiger partial charge in [0.05, 0.1) is 16.2 Å². The van der Waals surface area contributed by atoms with Crippen molar-refractivity contribution in [3.8, 4) is 11.3 Å².